The van der Waals surface area contributed by atoms with E-state index in [4.69, 9.17) is 0 Å². The molecule has 2 aliphatic rings. The van der Waals surface area contributed by atoms with Gasteiger partial charge >= 0.3 is 0 Å². The molecule has 23 heavy (non-hydrogen) atoms. The molecule has 2 heterocycles. The van der Waals surface area contributed by atoms with Crippen LogP contribution in [0.4, 0.5) is 0 Å². The van der Waals surface area contributed by atoms with Crippen LogP contribution < -0.4 is 10.6 Å². The van der Waals surface area contributed by atoms with E-state index in [9.17, 15) is 13.2 Å². The molecule has 1 aromatic carbocycles. The van der Waals surface area contributed by atoms with Crippen molar-refractivity contribution in [3.63, 3.8) is 0 Å². The molecule has 2 N–H and O–H groups in total. The van der Waals surface area contributed by atoms with Crippen molar-refractivity contribution in [2.45, 2.75) is 11.3 Å². The summed E-state index contributed by atoms with van der Waals surface area (Å²) in [5.41, 5.74) is 0.458. The molecule has 2 unspecified atom stereocenters. The highest BCUT2D eigenvalue weighted by Gasteiger charge is 2.37. The normalized spacial score (nSPS) is 24.6. The highest BCUT2D eigenvalue weighted by Crippen LogP contribution is 2.30. The molecule has 2 fully saturated rings. The van der Waals surface area contributed by atoms with Crippen LogP contribution in [0.25, 0.3) is 0 Å². The molecule has 0 bridgehead atoms. The smallest absolute Gasteiger partial charge is 0.251 e. The number of nitrogens with one attached hydrogen (secondary N) is 2. The van der Waals surface area contributed by atoms with Gasteiger partial charge in [0, 0.05) is 25.7 Å². The van der Waals surface area contributed by atoms with Gasteiger partial charge in [0.05, 0.1) is 4.90 Å². The number of sulfonamides is 1. The molecule has 0 aromatic heterocycles. The molecular formula is C15H22ClN3O3S. The van der Waals surface area contributed by atoms with E-state index >= 15 is 0 Å². The van der Waals surface area contributed by atoms with Crippen LogP contribution in [-0.4, -0.2) is 51.9 Å². The molecule has 1 amide bonds. The van der Waals surface area contributed by atoms with Gasteiger partial charge in [-0.05, 0) is 55.6 Å². The topological polar surface area (TPSA) is 78.5 Å². The molecule has 2 aliphatic heterocycles. The summed E-state index contributed by atoms with van der Waals surface area (Å²) >= 11 is 0. The Morgan fingerprint density at radius 3 is 2.52 bits per heavy atom. The van der Waals surface area contributed by atoms with Crippen molar-refractivity contribution < 1.29 is 13.2 Å². The van der Waals surface area contributed by atoms with Crippen molar-refractivity contribution in [2.24, 2.45) is 11.8 Å². The van der Waals surface area contributed by atoms with Crippen LogP contribution in [0.5, 0.6) is 0 Å². The van der Waals surface area contributed by atoms with Crippen molar-refractivity contribution in [1.29, 1.82) is 0 Å². The van der Waals surface area contributed by atoms with Crippen molar-refractivity contribution in [3.05, 3.63) is 29.8 Å². The number of hydrogen-bond acceptors (Lipinski definition) is 4. The standard InChI is InChI=1S/C15H21N3O3S.ClH/c1-16-15(19)11-2-4-14(5-3-11)22(20,21)18-7-6-12-8-17-9-13(12)10-18;/h2-5,12-13,17H,6-10H2,1H3,(H,16,19);1H. The average molecular weight is 360 g/mol. The van der Waals surface area contributed by atoms with Crippen LogP contribution in [0.2, 0.25) is 0 Å². The minimum absolute atomic E-state index is 0. The summed E-state index contributed by atoms with van der Waals surface area (Å²) in [7, 11) is -1.93. The largest absolute Gasteiger partial charge is 0.355 e. The Bertz CT molecular complexity index is 663. The summed E-state index contributed by atoms with van der Waals surface area (Å²) in [5.74, 6) is 0.789. The maximum absolute atomic E-state index is 12.7. The van der Waals surface area contributed by atoms with Crippen LogP contribution >= 0.6 is 12.4 Å². The van der Waals surface area contributed by atoms with Crippen LogP contribution in [0.15, 0.2) is 29.2 Å². The van der Waals surface area contributed by atoms with Crippen LogP contribution in [0.1, 0.15) is 16.8 Å². The molecule has 2 atom stereocenters. The monoisotopic (exact) mass is 359 g/mol. The molecule has 8 heteroatoms. The van der Waals surface area contributed by atoms with E-state index < -0.39 is 10.0 Å². The second-order valence-corrected chi connectivity index (χ2v) is 7.87. The predicted molar refractivity (Wildman–Crippen MR) is 90.3 cm³/mol. The fraction of sp³-hybridized carbons (Fsp3) is 0.533. The number of amides is 1. The molecule has 3 rings (SSSR count). The minimum Gasteiger partial charge on any atom is -0.355 e. The first-order valence-electron chi connectivity index (χ1n) is 7.55. The Balaban J connectivity index is 0.00000192. The van der Waals surface area contributed by atoms with Gasteiger partial charge in [0.2, 0.25) is 10.0 Å². The second kappa shape index (κ2) is 7.17. The third kappa shape index (κ3) is 3.52. The molecule has 128 valence electrons. The third-order valence-corrected chi connectivity index (χ3v) is 6.53. The second-order valence-electron chi connectivity index (χ2n) is 5.93. The lowest BCUT2D eigenvalue weighted by Crippen LogP contribution is -2.43. The predicted octanol–water partition coefficient (Wildman–Crippen LogP) is 0.698. The number of benzene rings is 1. The molecule has 6 nitrogen and oxygen atoms in total. The third-order valence-electron chi connectivity index (χ3n) is 4.65. The average Bonchev–Trinajstić information content (AvgIpc) is 3.01. The quantitative estimate of drug-likeness (QED) is 0.832. The Labute approximate surface area is 143 Å². The number of halogens is 1. The number of piperidine rings is 1. The van der Waals surface area contributed by atoms with Gasteiger partial charge in [0.1, 0.15) is 0 Å². The van der Waals surface area contributed by atoms with Crippen molar-refractivity contribution >= 4 is 28.3 Å². The Kier molecular flexibility index (Phi) is 5.67. The van der Waals surface area contributed by atoms with Crippen molar-refractivity contribution in [3.8, 4) is 0 Å². The van der Waals surface area contributed by atoms with Crippen molar-refractivity contribution in [2.75, 3.05) is 33.2 Å². The molecule has 2 saturated heterocycles. The van der Waals surface area contributed by atoms with Crippen LogP contribution in [0, 0.1) is 11.8 Å². The first-order valence-corrected chi connectivity index (χ1v) is 8.99. The Hall–Kier alpha value is -1.15. The highest BCUT2D eigenvalue weighted by molar-refractivity contribution is 7.89. The SMILES string of the molecule is CNC(=O)c1ccc(S(=O)(=O)N2CCC3CNCC3C2)cc1.Cl. The van der Waals surface area contributed by atoms with Crippen LogP contribution in [-0.2, 0) is 10.0 Å². The van der Waals surface area contributed by atoms with E-state index in [1.165, 1.54) is 12.1 Å². The highest BCUT2D eigenvalue weighted by atomic mass is 35.5. The zero-order chi connectivity index (χ0) is 15.7. The number of hydrogen-bond donors (Lipinski definition) is 2. The number of rotatable bonds is 3. The van der Waals surface area contributed by atoms with E-state index in [2.05, 4.69) is 10.6 Å². The van der Waals surface area contributed by atoms with Gasteiger partial charge in [-0.15, -0.1) is 12.4 Å². The Morgan fingerprint density at radius 2 is 1.87 bits per heavy atom. The summed E-state index contributed by atoms with van der Waals surface area (Å²) in [6.45, 7) is 3.05. The maximum atomic E-state index is 12.7. The van der Waals surface area contributed by atoms with Crippen LogP contribution in [0.3, 0.4) is 0 Å². The number of carbonyl (C=O) groups excluding carboxylic acids is 1. The summed E-state index contributed by atoms with van der Waals surface area (Å²) in [6, 6.07) is 6.13. The van der Waals surface area contributed by atoms with E-state index in [-0.39, 0.29) is 23.2 Å². The summed E-state index contributed by atoms with van der Waals surface area (Å²) in [4.78, 5) is 11.8. The lowest BCUT2D eigenvalue weighted by Gasteiger charge is -2.33. The van der Waals surface area contributed by atoms with E-state index in [1.807, 2.05) is 0 Å². The van der Waals surface area contributed by atoms with Gasteiger partial charge < -0.3 is 10.6 Å². The van der Waals surface area contributed by atoms with Gasteiger partial charge in [0.15, 0.2) is 0 Å². The number of nitrogens with zero attached hydrogens (tertiary/aromatic N) is 1. The van der Waals surface area contributed by atoms with Crippen molar-refractivity contribution in [1.82, 2.24) is 14.9 Å². The first-order chi connectivity index (χ1) is 10.5. The molecule has 0 saturated carbocycles. The zero-order valence-corrected chi connectivity index (χ0v) is 14.6. The van der Waals surface area contributed by atoms with Gasteiger partial charge in [-0.1, -0.05) is 0 Å². The van der Waals surface area contributed by atoms with Gasteiger partial charge in [-0.3, -0.25) is 4.79 Å². The molecular weight excluding hydrogens is 338 g/mol. The fourth-order valence-electron chi connectivity index (χ4n) is 3.29. The summed E-state index contributed by atoms with van der Waals surface area (Å²) in [6.07, 6.45) is 0.910. The van der Waals surface area contributed by atoms with E-state index in [0.29, 0.717) is 30.5 Å². The summed E-state index contributed by atoms with van der Waals surface area (Å²) in [5, 5.41) is 5.86. The van der Waals surface area contributed by atoms with Gasteiger partial charge in [-0.2, -0.15) is 4.31 Å². The molecule has 0 spiro atoms. The lowest BCUT2D eigenvalue weighted by molar-refractivity contribution is 0.0963. The van der Waals surface area contributed by atoms with Gasteiger partial charge in [0.25, 0.3) is 5.91 Å². The zero-order valence-electron chi connectivity index (χ0n) is 13.0. The molecule has 0 radical (unpaired) electrons. The minimum atomic E-state index is -3.48. The van der Waals surface area contributed by atoms with E-state index in [1.54, 1.807) is 23.5 Å². The maximum Gasteiger partial charge on any atom is 0.251 e. The number of fused-ring (bicyclic) bond motifs is 1. The Morgan fingerprint density at radius 1 is 1.22 bits per heavy atom. The molecule has 0 aliphatic carbocycles. The first kappa shape index (κ1) is 18.2. The van der Waals surface area contributed by atoms with Gasteiger partial charge in [-0.25, -0.2) is 8.42 Å². The summed E-state index contributed by atoms with van der Waals surface area (Å²) < 4.78 is 27.0. The fourth-order valence-corrected chi connectivity index (χ4v) is 4.80. The lowest BCUT2D eigenvalue weighted by atomic mass is 9.90. The number of carbonyl (C=O) groups is 1. The van der Waals surface area contributed by atoms with E-state index in [0.717, 1.165) is 19.5 Å². The molecule has 1 aromatic rings.